The number of rotatable bonds is 6. The molecule has 0 saturated heterocycles. The molecule has 0 amide bonds. The standard InChI is InChI=1S/C10H13BrN2O3/c11-9-4-8(7-12-2-1-3-14)5-10(6-9)13(15)16/h4-6,12,14H,1-3,7H2. The van der Waals surface area contributed by atoms with Crippen LogP contribution < -0.4 is 5.32 Å². The molecule has 0 saturated carbocycles. The molecule has 0 aliphatic heterocycles. The van der Waals surface area contributed by atoms with Gasteiger partial charge in [-0.2, -0.15) is 0 Å². The van der Waals surface area contributed by atoms with Crippen LogP contribution >= 0.6 is 15.9 Å². The summed E-state index contributed by atoms with van der Waals surface area (Å²) in [6.07, 6.45) is 0.677. The Bertz CT molecular complexity index is 371. The smallest absolute Gasteiger partial charge is 0.270 e. The fourth-order valence-corrected chi connectivity index (χ4v) is 1.81. The summed E-state index contributed by atoms with van der Waals surface area (Å²) < 4.78 is 0.695. The van der Waals surface area contributed by atoms with Crippen LogP contribution in [0.1, 0.15) is 12.0 Å². The molecule has 1 aromatic rings. The van der Waals surface area contributed by atoms with Crippen LogP contribution in [0.3, 0.4) is 0 Å². The van der Waals surface area contributed by atoms with Crippen LogP contribution in [0.5, 0.6) is 0 Å². The number of benzene rings is 1. The van der Waals surface area contributed by atoms with Crippen LogP contribution in [0.2, 0.25) is 0 Å². The maximum absolute atomic E-state index is 10.6. The second-order valence-electron chi connectivity index (χ2n) is 3.33. The Balaban J connectivity index is 2.62. The van der Waals surface area contributed by atoms with Crippen molar-refractivity contribution in [2.45, 2.75) is 13.0 Å². The number of halogens is 1. The number of nitro benzene ring substituents is 1. The fourth-order valence-electron chi connectivity index (χ4n) is 1.28. The van der Waals surface area contributed by atoms with E-state index in [1.165, 1.54) is 12.1 Å². The highest BCUT2D eigenvalue weighted by atomic mass is 79.9. The highest BCUT2D eigenvalue weighted by molar-refractivity contribution is 9.10. The van der Waals surface area contributed by atoms with E-state index < -0.39 is 4.92 Å². The van der Waals surface area contributed by atoms with Gasteiger partial charge in [0.05, 0.1) is 4.92 Å². The Morgan fingerprint density at radius 3 is 2.81 bits per heavy atom. The topological polar surface area (TPSA) is 75.4 Å². The van der Waals surface area contributed by atoms with E-state index in [9.17, 15) is 10.1 Å². The lowest BCUT2D eigenvalue weighted by molar-refractivity contribution is -0.385. The summed E-state index contributed by atoms with van der Waals surface area (Å²) in [5, 5.41) is 22.3. The van der Waals surface area contributed by atoms with Gasteiger partial charge in [0.1, 0.15) is 0 Å². The normalized spacial score (nSPS) is 10.4. The van der Waals surface area contributed by atoms with Gasteiger partial charge in [-0.3, -0.25) is 10.1 Å². The van der Waals surface area contributed by atoms with E-state index in [1.807, 2.05) is 6.07 Å². The van der Waals surface area contributed by atoms with Gasteiger partial charge < -0.3 is 10.4 Å². The molecular formula is C10H13BrN2O3. The minimum Gasteiger partial charge on any atom is -0.396 e. The second kappa shape index (κ2) is 6.57. The van der Waals surface area contributed by atoms with E-state index in [1.54, 1.807) is 0 Å². The first kappa shape index (κ1) is 13.1. The molecule has 0 atom stereocenters. The van der Waals surface area contributed by atoms with E-state index in [0.717, 1.165) is 5.56 Å². The Morgan fingerprint density at radius 2 is 2.19 bits per heavy atom. The summed E-state index contributed by atoms with van der Waals surface area (Å²) >= 11 is 3.23. The van der Waals surface area contributed by atoms with E-state index in [-0.39, 0.29) is 12.3 Å². The van der Waals surface area contributed by atoms with Gasteiger partial charge in [-0.25, -0.2) is 0 Å². The second-order valence-corrected chi connectivity index (χ2v) is 4.24. The van der Waals surface area contributed by atoms with Crippen molar-refractivity contribution >= 4 is 21.6 Å². The highest BCUT2D eigenvalue weighted by Gasteiger charge is 2.08. The van der Waals surface area contributed by atoms with Gasteiger partial charge in [0.25, 0.3) is 5.69 Å². The molecule has 0 bridgehead atoms. The number of hydrogen-bond acceptors (Lipinski definition) is 4. The number of hydrogen-bond donors (Lipinski definition) is 2. The van der Waals surface area contributed by atoms with Crippen LogP contribution in [-0.2, 0) is 6.54 Å². The van der Waals surface area contributed by atoms with E-state index in [0.29, 0.717) is 24.0 Å². The quantitative estimate of drug-likeness (QED) is 0.476. The van der Waals surface area contributed by atoms with Crippen molar-refractivity contribution in [2.24, 2.45) is 0 Å². The number of nitrogens with zero attached hydrogens (tertiary/aromatic N) is 1. The van der Waals surface area contributed by atoms with Crippen molar-refractivity contribution in [1.29, 1.82) is 0 Å². The Morgan fingerprint density at radius 1 is 1.44 bits per heavy atom. The molecule has 0 aliphatic carbocycles. The van der Waals surface area contributed by atoms with Crippen molar-refractivity contribution in [3.63, 3.8) is 0 Å². The van der Waals surface area contributed by atoms with Crippen LogP contribution in [0.25, 0.3) is 0 Å². The zero-order valence-electron chi connectivity index (χ0n) is 8.65. The lowest BCUT2D eigenvalue weighted by atomic mass is 10.2. The molecule has 0 aromatic heterocycles. The molecule has 0 aliphatic rings. The summed E-state index contributed by atoms with van der Waals surface area (Å²) in [5.74, 6) is 0. The zero-order valence-corrected chi connectivity index (χ0v) is 10.2. The van der Waals surface area contributed by atoms with Crippen molar-refractivity contribution in [1.82, 2.24) is 5.32 Å². The minimum atomic E-state index is -0.415. The predicted octanol–water partition coefficient (Wildman–Crippen LogP) is 1.83. The molecule has 1 aromatic carbocycles. The van der Waals surface area contributed by atoms with Gasteiger partial charge >= 0.3 is 0 Å². The van der Waals surface area contributed by atoms with Crippen molar-refractivity contribution < 1.29 is 10.0 Å². The predicted molar refractivity (Wildman–Crippen MR) is 64.2 cm³/mol. The summed E-state index contributed by atoms with van der Waals surface area (Å²) in [7, 11) is 0. The summed E-state index contributed by atoms with van der Waals surface area (Å²) in [6.45, 7) is 1.39. The molecule has 5 nitrogen and oxygen atoms in total. The van der Waals surface area contributed by atoms with Gasteiger partial charge in [0, 0.05) is 29.8 Å². The first-order valence-electron chi connectivity index (χ1n) is 4.89. The van der Waals surface area contributed by atoms with Crippen molar-refractivity contribution in [3.8, 4) is 0 Å². The third kappa shape index (κ3) is 4.26. The molecule has 16 heavy (non-hydrogen) atoms. The number of aliphatic hydroxyl groups excluding tert-OH is 1. The van der Waals surface area contributed by atoms with Crippen LogP contribution in [-0.4, -0.2) is 23.2 Å². The molecule has 0 fully saturated rings. The maximum atomic E-state index is 10.6. The van der Waals surface area contributed by atoms with Crippen molar-refractivity contribution in [2.75, 3.05) is 13.2 Å². The molecule has 2 N–H and O–H groups in total. The monoisotopic (exact) mass is 288 g/mol. The summed E-state index contributed by atoms with van der Waals surface area (Å²) in [5.41, 5.74) is 0.923. The van der Waals surface area contributed by atoms with Gasteiger partial charge in [0.15, 0.2) is 0 Å². The fraction of sp³-hybridized carbons (Fsp3) is 0.400. The first-order valence-corrected chi connectivity index (χ1v) is 5.68. The molecular weight excluding hydrogens is 276 g/mol. The molecule has 0 heterocycles. The molecule has 0 unspecified atom stereocenters. The third-order valence-corrected chi connectivity index (χ3v) is 2.45. The Kier molecular flexibility index (Phi) is 5.37. The van der Waals surface area contributed by atoms with E-state index >= 15 is 0 Å². The molecule has 0 radical (unpaired) electrons. The van der Waals surface area contributed by atoms with Gasteiger partial charge in [-0.15, -0.1) is 0 Å². The SMILES string of the molecule is O=[N+]([O-])c1cc(Br)cc(CNCCCO)c1. The minimum absolute atomic E-state index is 0.0772. The lowest BCUT2D eigenvalue weighted by Crippen LogP contribution is -2.15. The van der Waals surface area contributed by atoms with Crippen LogP contribution in [0.4, 0.5) is 5.69 Å². The summed E-state index contributed by atoms with van der Waals surface area (Å²) in [6, 6.07) is 4.84. The largest absolute Gasteiger partial charge is 0.396 e. The van der Waals surface area contributed by atoms with Crippen LogP contribution in [0.15, 0.2) is 22.7 Å². The third-order valence-electron chi connectivity index (χ3n) is 1.99. The van der Waals surface area contributed by atoms with Gasteiger partial charge in [0.2, 0.25) is 0 Å². The molecule has 0 spiro atoms. The first-order chi connectivity index (χ1) is 7.63. The Labute approximate surface area is 102 Å². The average Bonchev–Trinajstić information content (AvgIpc) is 2.23. The highest BCUT2D eigenvalue weighted by Crippen LogP contribution is 2.21. The number of nitro groups is 1. The van der Waals surface area contributed by atoms with Crippen molar-refractivity contribution in [3.05, 3.63) is 38.3 Å². The zero-order chi connectivity index (χ0) is 12.0. The van der Waals surface area contributed by atoms with E-state index in [2.05, 4.69) is 21.2 Å². The summed E-state index contributed by atoms with van der Waals surface area (Å²) in [4.78, 5) is 10.2. The lowest BCUT2D eigenvalue weighted by Gasteiger charge is -2.04. The van der Waals surface area contributed by atoms with Crippen LogP contribution in [0, 0.1) is 10.1 Å². The number of aliphatic hydroxyl groups is 1. The van der Waals surface area contributed by atoms with Gasteiger partial charge in [-0.05, 0) is 24.6 Å². The number of non-ortho nitro benzene ring substituents is 1. The van der Waals surface area contributed by atoms with Gasteiger partial charge in [-0.1, -0.05) is 15.9 Å². The maximum Gasteiger partial charge on any atom is 0.270 e. The Hall–Kier alpha value is -0.980. The molecule has 1 rings (SSSR count). The molecule has 88 valence electrons. The van der Waals surface area contributed by atoms with E-state index in [4.69, 9.17) is 5.11 Å². The average molecular weight is 289 g/mol. The number of nitrogens with one attached hydrogen (secondary N) is 1. The molecule has 6 heteroatoms.